The van der Waals surface area contributed by atoms with Gasteiger partial charge in [0, 0.05) is 6.54 Å². The first-order valence-electron chi connectivity index (χ1n) is 3.48. The van der Waals surface area contributed by atoms with E-state index in [0.29, 0.717) is 0 Å². The summed E-state index contributed by atoms with van der Waals surface area (Å²) in [5.41, 5.74) is 0. The zero-order chi connectivity index (χ0) is 9.41. The molecule has 0 bridgehead atoms. The minimum atomic E-state index is -3.89. The molecule has 0 aliphatic carbocycles. The van der Waals surface area contributed by atoms with Crippen molar-refractivity contribution in [3.8, 4) is 0 Å². The lowest BCUT2D eigenvalue weighted by Gasteiger charge is -2.15. The molecule has 0 aromatic rings. The molecule has 0 radical (unpaired) electrons. The molecular weight excluding hydrogens is 174 g/mol. The van der Waals surface area contributed by atoms with Crippen LogP contribution in [0.2, 0.25) is 0 Å². The fourth-order valence-corrected chi connectivity index (χ4v) is 1.16. The number of nitrogens with zero attached hydrogens (tertiary/aromatic N) is 1. The van der Waals surface area contributed by atoms with Crippen molar-refractivity contribution in [2.24, 2.45) is 0 Å². The van der Waals surface area contributed by atoms with Crippen LogP contribution < -0.4 is 0 Å². The Labute approximate surface area is 67.7 Å². The average Bonchev–Trinajstić information content (AvgIpc) is 2.02. The molecule has 0 unspecified atom stereocenters. The van der Waals surface area contributed by atoms with Crippen molar-refractivity contribution < 1.29 is 17.6 Å². The monoisotopic (exact) mass is 183 g/mol. The first kappa shape index (κ1) is 9.51. The van der Waals surface area contributed by atoms with Gasteiger partial charge in [0.15, 0.2) is 0 Å². The quantitative estimate of drug-likeness (QED) is 0.465. The topological polar surface area (TPSA) is 3.24 Å². The van der Waals surface area contributed by atoms with Crippen LogP contribution in [0.1, 0.15) is 0 Å². The van der Waals surface area contributed by atoms with Gasteiger partial charge in [-0.25, -0.2) is 0 Å². The van der Waals surface area contributed by atoms with E-state index < -0.39 is 24.9 Å². The van der Waals surface area contributed by atoms with Gasteiger partial charge in [-0.15, -0.1) is 6.58 Å². The van der Waals surface area contributed by atoms with Gasteiger partial charge < -0.3 is 0 Å². The van der Waals surface area contributed by atoms with Crippen LogP contribution in [0.4, 0.5) is 17.6 Å². The Morgan fingerprint density at radius 2 is 1.58 bits per heavy atom. The van der Waals surface area contributed by atoms with Crippen molar-refractivity contribution in [2.75, 3.05) is 19.6 Å². The Morgan fingerprint density at radius 3 is 1.92 bits per heavy atom. The standard InChI is InChI=1S/C7H9F4N/c1-2-3-12-4-6(8,9)7(10,11)5-12/h2H,1,3-5H2. The third-order valence-corrected chi connectivity index (χ3v) is 1.77. The van der Waals surface area contributed by atoms with Crippen molar-refractivity contribution in [1.82, 2.24) is 4.90 Å². The van der Waals surface area contributed by atoms with Gasteiger partial charge in [0.25, 0.3) is 0 Å². The van der Waals surface area contributed by atoms with E-state index in [9.17, 15) is 17.6 Å². The molecule has 12 heavy (non-hydrogen) atoms. The van der Waals surface area contributed by atoms with E-state index in [1.165, 1.54) is 6.08 Å². The number of rotatable bonds is 2. The highest BCUT2D eigenvalue weighted by Crippen LogP contribution is 2.40. The number of likely N-dealkylation sites (tertiary alicyclic amines) is 1. The first-order valence-corrected chi connectivity index (χ1v) is 3.48. The second-order valence-electron chi connectivity index (χ2n) is 2.87. The molecule has 0 aromatic heterocycles. The summed E-state index contributed by atoms with van der Waals surface area (Å²) in [5, 5.41) is 0. The summed E-state index contributed by atoms with van der Waals surface area (Å²) >= 11 is 0. The van der Waals surface area contributed by atoms with Crippen molar-refractivity contribution in [2.45, 2.75) is 11.8 Å². The Morgan fingerprint density at radius 1 is 1.17 bits per heavy atom. The molecule has 0 spiro atoms. The third-order valence-electron chi connectivity index (χ3n) is 1.77. The molecule has 1 rings (SSSR count). The van der Waals surface area contributed by atoms with Crippen LogP contribution in [0.15, 0.2) is 12.7 Å². The molecule has 0 amide bonds. The van der Waals surface area contributed by atoms with Gasteiger partial charge in [-0.2, -0.15) is 17.6 Å². The predicted octanol–water partition coefficient (Wildman–Crippen LogP) is 1.76. The molecule has 1 fully saturated rings. The summed E-state index contributed by atoms with van der Waals surface area (Å²) in [6, 6.07) is 0. The highest BCUT2D eigenvalue weighted by molar-refractivity contribution is 4.98. The van der Waals surface area contributed by atoms with E-state index >= 15 is 0 Å². The summed E-state index contributed by atoms with van der Waals surface area (Å²) in [6.45, 7) is 1.60. The maximum atomic E-state index is 12.5. The minimum absolute atomic E-state index is 0.0746. The molecule has 1 aliphatic rings. The van der Waals surface area contributed by atoms with Crippen LogP contribution in [-0.4, -0.2) is 36.4 Å². The number of alkyl halides is 4. The van der Waals surface area contributed by atoms with Crippen LogP contribution in [0.3, 0.4) is 0 Å². The molecule has 0 atom stereocenters. The van der Waals surface area contributed by atoms with Crippen LogP contribution in [0.5, 0.6) is 0 Å². The molecule has 70 valence electrons. The molecule has 0 N–H and O–H groups in total. The van der Waals surface area contributed by atoms with Gasteiger partial charge in [-0.1, -0.05) is 6.08 Å². The van der Waals surface area contributed by atoms with Gasteiger partial charge >= 0.3 is 11.8 Å². The fourth-order valence-electron chi connectivity index (χ4n) is 1.16. The third kappa shape index (κ3) is 1.46. The highest BCUT2D eigenvalue weighted by atomic mass is 19.3. The maximum Gasteiger partial charge on any atom is 0.323 e. The zero-order valence-electron chi connectivity index (χ0n) is 6.36. The van der Waals surface area contributed by atoms with Crippen LogP contribution in [0, 0.1) is 0 Å². The predicted molar refractivity (Wildman–Crippen MR) is 36.5 cm³/mol. The molecule has 5 heteroatoms. The van der Waals surface area contributed by atoms with E-state index in [1.807, 2.05) is 0 Å². The fraction of sp³-hybridized carbons (Fsp3) is 0.714. The first-order chi connectivity index (χ1) is 5.39. The molecule has 1 aliphatic heterocycles. The Bertz CT molecular complexity index is 174. The van der Waals surface area contributed by atoms with Crippen LogP contribution >= 0.6 is 0 Å². The Hall–Kier alpha value is -0.580. The summed E-state index contributed by atoms with van der Waals surface area (Å²) in [7, 11) is 0. The van der Waals surface area contributed by atoms with Crippen molar-refractivity contribution in [1.29, 1.82) is 0 Å². The number of hydrogen-bond donors (Lipinski definition) is 0. The minimum Gasteiger partial charge on any atom is -0.287 e. The van der Waals surface area contributed by atoms with Crippen molar-refractivity contribution in [3.63, 3.8) is 0 Å². The normalized spacial score (nSPS) is 27.3. The van der Waals surface area contributed by atoms with Crippen LogP contribution in [-0.2, 0) is 0 Å². The SMILES string of the molecule is C=CCN1CC(F)(F)C(F)(F)C1. The van der Waals surface area contributed by atoms with Gasteiger partial charge in [-0.3, -0.25) is 4.90 Å². The Kier molecular flexibility index (Phi) is 2.16. The summed E-state index contributed by atoms with van der Waals surface area (Å²) in [6.07, 6.45) is 1.33. The van der Waals surface area contributed by atoms with E-state index in [2.05, 4.69) is 6.58 Å². The van der Waals surface area contributed by atoms with Crippen molar-refractivity contribution in [3.05, 3.63) is 12.7 Å². The smallest absolute Gasteiger partial charge is 0.287 e. The largest absolute Gasteiger partial charge is 0.323 e. The molecule has 0 aromatic carbocycles. The molecule has 1 saturated heterocycles. The van der Waals surface area contributed by atoms with E-state index in [4.69, 9.17) is 0 Å². The molecule has 0 saturated carbocycles. The second-order valence-corrected chi connectivity index (χ2v) is 2.87. The van der Waals surface area contributed by atoms with Gasteiger partial charge in [0.2, 0.25) is 0 Å². The lowest BCUT2D eigenvalue weighted by Crippen LogP contribution is -2.38. The van der Waals surface area contributed by atoms with E-state index in [1.54, 1.807) is 0 Å². The van der Waals surface area contributed by atoms with Gasteiger partial charge in [0.05, 0.1) is 13.1 Å². The van der Waals surface area contributed by atoms with E-state index in [-0.39, 0.29) is 6.54 Å². The zero-order valence-corrected chi connectivity index (χ0v) is 6.36. The number of halogens is 4. The summed E-state index contributed by atoms with van der Waals surface area (Å²) < 4.78 is 49.9. The average molecular weight is 183 g/mol. The van der Waals surface area contributed by atoms with Crippen LogP contribution in [0.25, 0.3) is 0 Å². The van der Waals surface area contributed by atoms with Crippen molar-refractivity contribution >= 4 is 0 Å². The summed E-state index contributed by atoms with van der Waals surface area (Å²) in [4.78, 5) is 0.979. The number of hydrogen-bond acceptors (Lipinski definition) is 1. The second kappa shape index (κ2) is 2.73. The van der Waals surface area contributed by atoms with Gasteiger partial charge in [0.1, 0.15) is 0 Å². The molecular formula is C7H9F4N. The van der Waals surface area contributed by atoms with E-state index in [0.717, 1.165) is 4.90 Å². The maximum absolute atomic E-state index is 12.5. The van der Waals surface area contributed by atoms with Gasteiger partial charge in [-0.05, 0) is 0 Å². The lowest BCUT2D eigenvalue weighted by molar-refractivity contribution is -0.172. The lowest BCUT2D eigenvalue weighted by atomic mass is 10.2. The highest BCUT2D eigenvalue weighted by Gasteiger charge is 2.62. The summed E-state index contributed by atoms with van der Waals surface area (Å²) in [5.74, 6) is -7.79. The molecule has 1 heterocycles. The Balaban J connectivity index is 2.67. The molecule has 1 nitrogen and oxygen atoms in total.